The molecule has 1 N–H and O–H groups in total. The summed E-state index contributed by atoms with van der Waals surface area (Å²) in [5, 5.41) is 7.33. The fourth-order valence-electron chi connectivity index (χ4n) is 2.96. The number of aromatic nitrogens is 2. The highest BCUT2D eigenvalue weighted by Gasteiger charge is 2.32. The van der Waals surface area contributed by atoms with Crippen molar-refractivity contribution in [2.75, 3.05) is 31.1 Å². The normalized spacial score (nSPS) is 22.4. The molecule has 1 unspecified atom stereocenters. The van der Waals surface area contributed by atoms with Crippen LogP contribution in [-0.4, -0.2) is 58.7 Å². The zero-order chi connectivity index (χ0) is 14.8. The van der Waals surface area contributed by atoms with Crippen molar-refractivity contribution >= 4 is 29.9 Å². The number of piperazine rings is 1. The third-order valence-electron chi connectivity index (χ3n) is 4.14. The molecule has 2 aliphatic rings. The summed E-state index contributed by atoms with van der Waals surface area (Å²) in [5.74, 6) is 0.0206. The molecule has 2 amide bonds. The van der Waals surface area contributed by atoms with Crippen molar-refractivity contribution in [2.24, 2.45) is 7.05 Å². The first kappa shape index (κ1) is 16.8. The molecule has 0 aromatic carbocycles. The van der Waals surface area contributed by atoms with Gasteiger partial charge < -0.3 is 15.1 Å². The van der Waals surface area contributed by atoms with E-state index in [0.29, 0.717) is 13.1 Å². The molecule has 3 heterocycles. The third kappa shape index (κ3) is 3.41. The highest BCUT2D eigenvalue weighted by Crippen LogP contribution is 2.17. The van der Waals surface area contributed by atoms with Gasteiger partial charge in [0.05, 0.1) is 17.9 Å². The van der Waals surface area contributed by atoms with Gasteiger partial charge in [-0.05, 0) is 19.4 Å². The number of carbonyl (C=O) groups excluding carboxylic acids is 2. The summed E-state index contributed by atoms with van der Waals surface area (Å²) >= 11 is 0. The number of rotatable bonds is 2. The summed E-state index contributed by atoms with van der Waals surface area (Å²) in [7, 11) is 1.82. The molecule has 122 valence electrons. The number of aryl methyl sites for hydroxylation is 1. The zero-order valence-corrected chi connectivity index (χ0v) is 13.5. The molecule has 0 bridgehead atoms. The maximum Gasteiger partial charge on any atom is 0.246 e. The summed E-state index contributed by atoms with van der Waals surface area (Å²) in [5.41, 5.74) is 0.797. The first-order chi connectivity index (χ1) is 10.1. The largest absolute Gasteiger partial charge is 0.330 e. The van der Waals surface area contributed by atoms with Gasteiger partial charge in [-0.3, -0.25) is 14.3 Å². The molecule has 2 fully saturated rings. The van der Waals surface area contributed by atoms with Crippen molar-refractivity contribution in [2.45, 2.75) is 25.3 Å². The SMILES string of the molecule is Cl.Cn1cc(N2CCN(C(=O)C3CCCCN3)CC2=O)cn1. The van der Waals surface area contributed by atoms with E-state index in [0.717, 1.165) is 31.5 Å². The maximum atomic E-state index is 12.4. The minimum absolute atomic E-state index is 0. The second kappa shape index (κ2) is 7.11. The minimum Gasteiger partial charge on any atom is -0.330 e. The Balaban J connectivity index is 0.00000176. The first-order valence-electron chi connectivity index (χ1n) is 7.46. The van der Waals surface area contributed by atoms with Crippen LogP contribution in [0.2, 0.25) is 0 Å². The molecule has 0 saturated carbocycles. The monoisotopic (exact) mass is 327 g/mol. The second-order valence-electron chi connectivity index (χ2n) is 5.68. The Morgan fingerprint density at radius 3 is 2.77 bits per heavy atom. The summed E-state index contributed by atoms with van der Waals surface area (Å²) < 4.78 is 1.67. The number of carbonyl (C=O) groups is 2. The molecular formula is C14H22ClN5O2. The number of halogens is 1. The Bertz CT molecular complexity index is 541. The fourth-order valence-corrected chi connectivity index (χ4v) is 2.96. The van der Waals surface area contributed by atoms with Crippen LogP contribution in [0, 0.1) is 0 Å². The molecule has 1 atom stereocenters. The van der Waals surface area contributed by atoms with Crippen molar-refractivity contribution in [3.05, 3.63) is 12.4 Å². The van der Waals surface area contributed by atoms with Crippen LogP contribution in [0.25, 0.3) is 0 Å². The minimum atomic E-state index is -0.114. The van der Waals surface area contributed by atoms with E-state index in [1.54, 1.807) is 20.7 Å². The van der Waals surface area contributed by atoms with Crippen LogP contribution >= 0.6 is 12.4 Å². The number of piperidine rings is 1. The van der Waals surface area contributed by atoms with E-state index in [4.69, 9.17) is 0 Å². The molecule has 0 spiro atoms. The van der Waals surface area contributed by atoms with Gasteiger partial charge in [0.2, 0.25) is 11.8 Å². The number of nitrogens with one attached hydrogen (secondary N) is 1. The highest BCUT2D eigenvalue weighted by atomic mass is 35.5. The lowest BCUT2D eigenvalue weighted by Crippen LogP contribution is -2.57. The molecule has 2 saturated heterocycles. The van der Waals surface area contributed by atoms with Crippen molar-refractivity contribution in [1.82, 2.24) is 20.0 Å². The predicted molar refractivity (Wildman–Crippen MR) is 85.0 cm³/mol. The lowest BCUT2D eigenvalue weighted by atomic mass is 10.0. The van der Waals surface area contributed by atoms with E-state index in [1.165, 1.54) is 0 Å². The predicted octanol–water partition coefficient (Wildman–Crippen LogP) is 0.159. The summed E-state index contributed by atoms with van der Waals surface area (Å²) in [6, 6.07) is -0.114. The summed E-state index contributed by atoms with van der Waals surface area (Å²) in [6.07, 6.45) is 6.57. The average Bonchev–Trinajstić information content (AvgIpc) is 2.93. The molecule has 3 rings (SSSR count). The average molecular weight is 328 g/mol. The quantitative estimate of drug-likeness (QED) is 0.840. The lowest BCUT2D eigenvalue weighted by Gasteiger charge is -2.36. The lowest BCUT2D eigenvalue weighted by molar-refractivity contribution is -0.139. The van der Waals surface area contributed by atoms with Gasteiger partial charge in [0.25, 0.3) is 0 Å². The van der Waals surface area contributed by atoms with Gasteiger partial charge >= 0.3 is 0 Å². The van der Waals surface area contributed by atoms with Crippen LogP contribution in [0.5, 0.6) is 0 Å². The van der Waals surface area contributed by atoms with Crippen LogP contribution in [0.1, 0.15) is 19.3 Å². The van der Waals surface area contributed by atoms with E-state index in [2.05, 4.69) is 10.4 Å². The van der Waals surface area contributed by atoms with Crippen LogP contribution in [0.4, 0.5) is 5.69 Å². The third-order valence-corrected chi connectivity index (χ3v) is 4.14. The van der Waals surface area contributed by atoms with Gasteiger partial charge in [-0.1, -0.05) is 6.42 Å². The van der Waals surface area contributed by atoms with E-state index < -0.39 is 0 Å². The molecule has 7 nitrogen and oxygen atoms in total. The van der Waals surface area contributed by atoms with Crippen LogP contribution in [0.15, 0.2) is 12.4 Å². The molecule has 2 aliphatic heterocycles. The van der Waals surface area contributed by atoms with E-state index in [1.807, 2.05) is 13.2 Å². The van der Waals surface area contributed by atoms with Crippen LogP contribution in [0.3, 0.4) is 0 Å². The van der Waals surface area contributed by atoms with E-state index in [9.17, 15) is 9.59 Å². The molecule has 22 heavy (non-hydrogen) atoms. The zero-order valence-electron chi connectivity index (χ0n) is 12.7. The van der Waals surface area contributed by atoms with E-state index >= 15 is 0 Å². The Kier molecular flexibility index (Phi) is 5.42. The number of nitrogens with zero attached hydrogens (tertiary/aromatic N) is 4. The van der Waals surface area contributed by atoms with Crippen molar-refractivity contribution in [3.63, 3.8) is 0 Å². The van der Waals surface area contributed by atoms with Crippen LogP contribution in [-0.2, 0) is 16.6 Å². The van der Waals surface area contributed by atoms with Gasteiger partial charge in [0.15, 0.2) is 0 Å². The smallest absolute Gasteiger partial charge is 0.246 e. The first-order valence-corrected chi connectivity index (χ1v) is 7.46. The summed E-state index contributed by atoms with van der Waals surface area (Å²) in [6.45, 7) is 2.16. The molecule has 1 aromatic heterocycles. The highest BCUT2D eigenvalue weighted by molar-refractivity contribution is 5.98. The standard InChI is InChI=1S/C14H21N5O2.ClH/c1-17-9-11(8-16-17)19-7-6-18(10-13(19)20)14(21)12-4-2-3-5-15-12;/h8-9,12,15H,2-7,10H2,1H3;1H. The van der Waals surface area contributed by atoms with Crippen molar-refractivity contribution < 1.29 is 9.59 Å². The van der Waals surface area contributed by atoms with Crippen LogP contribution < -0.4 is 10.2 Å². The number of hydrogen-bond donors (Lipinski definition) is 1. The number of hydrogen-bond acceptors (Lipinski definition) is 4. The van der Waals surface area contributed by atoms with E-state index in [-0.39, 0.29) is 36.8 Å². The van der Waals surface area contributed by atoms with Gasteiger partial charge in [-0.2, -0.15) is 5.10 Å². The Hall–Kier alpha value is -1.60. The maximum absolute atomic E-state index is 12.4. The van der Waals surface area contributed by atoms with Gasteiger partial charge in [0, 0.05) is 26.3 Å². The molecule has 8 heteroatoms. The molecule has 1 aromatic rings. The van der Waals surface area contributed by atoms with Gasteiger partial charge in [-0.15, -0.1) is 12.4 Å². The molecular weight excluding hydrogens is 306 g/mol. The molecule has 0 aliphatic carbocycles. The fraction of sp³-hybridized carbons (Fsp3) is 0.643. The van der Waals surface area contributed by atoms with Gasteiger partial charge in [0.1, 0.15) is 6.54 Å². The number of amides is 2. The Morgan fingerprint density at radius 1 is 1.36 bits per heavy atom. The Labute approximate surface area is 136 Å². The topological polar surface area (TPSA) is 70.5 Å². The van der Waals surface area contributed by atoms with Crippen molar-refractivity contribution in [3.8, 4) is 0 Å². The summed E-state index contributed by atoms with van der Waals surface area (Å²) in [4.78, 5) is 28.1. The van der Waals surface area contributed by atoms with Crippen molar-refractivity contribution in [1.29, 1.82) is 0 Å². The Morgan fingerprint density at radius 2 is 2.18 bits per heavy atom. The van der Waals surface area contributed by atoms with Gasteiger partial charge in [-0.25, -0.2) is 0 Å². The molecule has 0 radical (unpaired) electrons. The second-order valence-corrected chi connectivity index (χ2v) is 5.68. The number of anilines is 1.